The van der Waals surface area contributed by atoms with Crippen LogP contribution in [0, 0.1) is 6.07 Å². The van der Waals surface area contributed by atoms with Crippen molar-refractivity contribution in [1.82, 2.24) is 0 Å². The van der Waals surface area contributed by atoms with E-state index in [2.05, 4.69) is 37.9 Å². The van der Waals surface area contributed by atoms with Crippen LogP contribution in [0.5, 0.6) is 0 Å². The molecule has 0 aromatic heterocycles. The van der Waals surface area contributed by atoms with Gasteiger partial charge < -0.3 is 0 Å². The van der Waals surface area contributed by atoms with Gasteiger partial charge in [0, 0.05) is 20.6 Å². The summed E-state index contributed by atoms with van der Waals surface area (Å²) in [6, 6.07) is 3.24. The Morgan fingerprint density at radius 1 is 0.833 bits per heavy atom. The van der Waals surface area contributed by atoms with E-state index in [4.69, 9.17) is 0 Å². The maximum atomic E-state index is 13.3. The molecule has 0 bridgehead atoms. The molecule has 18 heavy (non-hydrogen) atoms. The lowest BCUT2D eigenvalue weighted by Crippen LogP contribution is -2.50. The highest BCUT2D eigenvalue weighted by atomic mass is 79.9. The number of hydrogen-bond donors (Lipinski definition) is 0. The van der Waals surface area contributed by atoms with Gasteiger partial charge in [-0.15, -0.1) is 0 Å². The molecule has 1 aromatic carbocycles. The highest BCUT2D eigenvalue weighted by Gasteiger charge is 2.73. The zero-order chi connectivity index (χ0) is 14.4. The third-order valence-corrected chi connectivity index (χ3v) is 2.77. The summed E-state index contributed by atoms with van der Waals surface area (Å²) in [4.78, 5) is 0. The zero-order valence-electron chi connectivity index (χ0n) is 8.06. The van der Waals surface area contributed by atoms with Crippen LogP contribution in [0.1, 0.15) is 5.56 Å². The fraction of sp³-hybridized carbons (Fsp3) is 0.333. The van der Waals surface area contributed by atoms with E-state index in [1.807, 2.05) is 0 Å². The van der Waals surface area contributed by atoms with Crippen LogP contribution in [0.15, 0.2) is 21.1 Å². The molecule has 0 heterocycles. The molecule has 0 aliphatic heterocycles. The Labute approximate surface area is 113 Å². The highest BCUT2D eigenvalue weighted by molar-refractivity contribution is 9.11. The van der Waals surface area contributed by atoms with Crippen molar-refractivity contribution in [2.45, 2.75) is 18.0 Å². The molecular weight excluding hydrogens is 401 g/mol. The van der Waals surface area contributed by atoms with Gasteiger partial charge in [0.25, 0.3) is 0 Å². The van der Waals surface area contributed by atoms with Crippen molar-refractivity contribution in [3.8, 4) is 0 Å². The van der Waals surface area contributed by atoms with Gasteiger partial charge in [0.1, 0.15) is 0 Å². The van der Waals surface area contributed by atoms with E-state index in [9.17, 15) is 30.7 Å². The molecule has 0 N–H and O–H groups in total. The second-order valence-corrected chi connectivity index (χ2v) is 4.92. The first kappa shape index (κ1) is 15.7. The average Bonchev–Trinajstić information content (AvgIpc) is 2.13. The molecule has 0 spiro atoms. The molecule has 0 aliphatic rings. The minimum Gasteiger partial charge on any atom is -0.194 e. The van der Waals surface area contributed by atoms with E-state index in [1.165, 1.54) is 0 Å². The third-order valence-electron chi connectivity index (χ3n) is 1.92. The molecule has 0 nitrogen and oxygen atoms in total. The van der Waals surface area contributed by atoms with Crippen LogP contribution < -0.4 is 0 Å². The van der Waals surface area contributed by atoms with Crippen molar-refractivity contribution in [2.24, 2.45) is 0 Å². The summed E-state index contributed by atoms with van der Waals surface area (Å²) in [7, 11) is 0. The van der Waals surface area contributed by atoms with E-state index in [0.29, 0.717) is 12.1 Å². The van der Waals surface area contributed by atoms with Gasteiger partial charge in [-0.2, -0.15) is 30.7 Å². The first-order valence-corrected chi connectivity index (χ1v) is 5.69. The van der Waals surface area contributed by atoms with Gasteiger partial charge >= 0.3 is 18.0 Å². The third kappa shape index (κ3) is 2.66. The van der Waals surface area contributed by atoms with Crippen molar-refractivity contribution in [3.63, 3.8) is 0 Å². The molecule has 0 fully saturated rings. The summed E-state index contributed by atoms with van der Waals surface area (Å²) in [5, 5.41) is 0. The van der Waals surface area contributed by atoms with Crippen molar-refractivity contribution in [2.75, 3.05) is 0 Å². The number of hydrogen-bond acceptors (Lipinski definition) is 0. The Morgan fingerprint density at radius 3 is 1.56 bits per heavy atom. The Kier molecular flexibility index (Phi) is 4.08. The fourth-order valence-electron chi connectivity index (χ4n) is 1.04. The van der Waals surface area contributed by atoms with Crippen molar-refractivity contribution in [1.29, 1.82) is 0 Å². The van der Waals surface area contributed by atoms with Crippen LogP contribution in [0.3, 0.4) is 0 Å². The molecular formula is C9H2Br2F7. The second-order valence-electron chi connectivity index (χ2n) is 3.21. The van der Waals surface area contributed by atoms with Crippen molar-refractivity contribution < 1.29 is 30.7 Å². The molecule has 1 radical (unpaired) electrons. The minimum absolute atomic E-state index is 0.176. The Balaban J connectivity index is 3.37. The van der Waals surface area contributed by atoms with Crippen LogP contribution in [0.25, 0.3) is 0 Å². The van der Waals surface area contributed by atoms with E-state index in [-0.39, 0.29) is 8.95 Å². The summed E-state index contributed by atoms with van der Waals surface area (Å²) >= 11 is 5.36. The van der Waals surface area contributed by atoms with Crippen LogP contribution in [0.2, 0.25) is 0 Å². The summed E-state index contributed by atoms with van der Waals surface area (Å²) in [6.45, 7) is 0. The molecule has 1 aromatic rings. The molecule has 0 saturated carbocycles. The summed E-state index contributed by atoms with van der Waals surface area (Å²) in [6.07, 6.45) is -6.35. The standard InChI is InChI=1S/C9H2Br2F7/c10-5-1-4(2-6(11)3-5)7(12,13)8(14,15)9(16,17)18/h1-2H. The van der Waals surface area contributed by atoms with Gasteiger partial charge in [-0.1, -0.05) is 31.9 Å². The fourth-order valence-corrected chi connectivity index (χ4v) is 2.23. The van der Waals surface area contributed by atoms with Crippen LogP contribution in [-0.4, -0.2) is 12.1 Å². The zero-order valence-corrected chi connectivity index (χ0v) is 11.2. The summed E-state index contributed by atoms with van der Waals surface area (Å²) in [5.74, 6) is -11.5. The lowest BCUT2D eigenvalue weighted by atomic mass is 10.0. The maximum Gasteiger partial charge on any atom is 0.460 e. The minimum atomic E-state index is -6.35. The summed E-state index contributed by atoms with van der Waals surface area (Å²) < 4.78 is 87.5. The van der Waals surface area contributed by atoms with Gasteiger partial charge in [0.2, 0.25) is 0 Å². The molecule has 101 valence electrons. The molecule has 0 saturated heterocycles. The largest absolute Gasteiger partial charge is 0.460 e. The topological polar surface area (TPSA) is 0 Å². The normalized spacial score (nSPS) is 13.8. The summed E-state index contributed by atoms with van der Waals surface area (Å²) in [5.41, 5.74) is -1.47. The van der Waals surface area contributed by atoms with Crippen molar-refractivity contribution >= 4 is 31.9 Å². The Bertz CT molecular complexity index is 432. The molecule has 9 heteroatoms. The molecule has 0 amide bonds. The van der Waals surface area contributed by atoms with E-state index >= 15 is 0 Å². The molecule has 0 aliphatic carbocycles. The predicted octanol–water partition coefficient (Wildman–Crippen LogP) is 5.30. The Morgan fingerprint density at radius 2 is 1.22 bits per heavy atom. The van der Waals surface area contributed by atoms with Crippen LogP contribution >= 0.6 is 31.9 Å². The van der Waals surface area contributed by atoms with Crippen LogP contribution in [0.4, 0.5) is 30.7 Å². The highest BCUT2D eigenvalue weighted by Crippen LogP contribution is 2.52. The predicted molar refractivity (Wildman–Crippen MR) is 55.6 cm³/mol. The number of alkyl halides is 7. The first-order chi connectivity index (χ1) is 7.89. The van der Waals surface area contributed by atoms with Gasteiger partial charge in [-0.05, 0) is 12.1 Å². The quantitative estimate of drug-likeness (QED) is 0.589. The number of benzene rings is 1. The number of halogens is 9. The lowest BCUT2D eigenvalue weighted by molar-refractivity contribution is -0.359. The monoisotopic (exact) mass is 401 g/mol. The first-order valence-electron chi connectivity index (χ1n) is 4.11. The second kappa shape index (κ2) is 4.66. The smallest absolute Gasteiger partial charge is 0.194 e. The maximum absolute atomic E-state index is 13.3. The number of rotatable bonds is 2. The SMILES string of the molecule is FC(F)(F)C(F)(F)C(F)(F)c1cc(Br)[c]c(Br)c1. The van der Waals surface area contributed by atoms with Gasteiger partial charge in [-0.25, -0.2) is 0 Å². The van der Waals surface area contributed by atoms with Gasteiger partial charge in [0.05, 0.1) is 0 Å². The van der Waals surface area contributed by atoms with Crippen LogP contribution in [-0.2, 0) is 5.92 Å². The van der Waals surface area contributed by atoms with Gasteiger partial charge in [-0.3, -0.25) is 0 Å². The molecule has 0 unspecified atom stereocenters. The van der Waals surface area contributed by atoms with E-state index in [0.717, 1.165) is 0 Å². The molecule has 0 atom stereocenters. The van der Waals surface area contributed by atoms with E-state index in [1.54, 1.807) is 0 Å². The lowest BCUT2D eigenvalue weighted by Gasteiger charge is -2.28. The Hall–Kier alpha value is -0.310. The van der Waals surface area contributed by atoms with Gasteiger partial charge in [0.15, 0.2) is 0 Å². The average molecular weight is 403 g/mol. The van der Waals surface area contributed by atoms with E-state index < -0.39 is 23.6 Å². The van der Waals surface area contributed by atoms with Crippen molar-refractivity contribution in [3.05, 3.63) is 32.7 Å². The molecule has 1 rings (SSSR count).